The molecule has 1 N–H and O–H groups in total. The molecule has 2 fully saturated rings. The van der Waals surface area contributed by atoms with E-state index in [1.54, 1.807) is 0 Å². The van der Waals surface area contributed by atoms with Gasteiger partial charge in [0.15, 0.2) is 0 Å². The molecule has 2 aliphatic heterocycles. The van der Waals surface area contributed by atoms with E-state index in [-0.39, 0.29) is 0 Å². The van der Waals surface area contributed by atoms with Crippen LogP contribution in [0.4, 0.5) is 0 Å². The zero-order chi connectivity index (χ0) is 17.1. The quantitative estimate of drug-likeness (QED) is 0.801. The number of hydrogen-bond donors (Lipinski definition) is 1. The first-order valence-electron chi connectivity index (χ1n) is 9.11. The number of fused-ring (bicyclic) bond motifs is 1. The average Bonchev–Trinajstić information content (AvgIpc) is 2.89. The molecule has 0 unspecified atom stereocenters. The van der Waals surface area contributed by atoms with Gasteiger partial charge in [0, 0.05) is 49.9 Å². The van der Waals surface area contributed by atoms with Crippen LogP contribution >= 0.6 is 11.8 Å². The smallest absolute Gasteiger partial charge is 0.222 e. The lowest BCUT2D eigenvalue weighted by molar-refractivity contribution is -0.141. The molecule has 134 valence electrons. The molecular formula is C18H30N4OS. The van der Waals surface area contributed by atoms with E-state index in [1.165, 1.54) is 11.3 Å². The average molecular weight is 351 g/mol. The second kappa shape index (κ2) is 7.91. The number of nitrogens with one attached hydrogen (secondary N) is 1. The van der Waals surface area contributed by atoms with Gasteiger partial charge < -0.3 is 4.90 Å². The summed E-state index contributed by atoms with van der Waals surface area (Å²) >= 11 is 1.87. The Hall–Kier alpha value is -1.01. The number of thioether (sulfide) groups is 1. The van der Waals surface area contributed by atoms with Gasteiger partial charge in [-0.25, -0.2) is 0 Å². The number of nitrogens with zero attached hydrogens (tertiary/aromatic N) is 3. The number of hydrogen-bond acceptors (Lipinski definition) is 4. The fourth-order valence-corrected chi connectivity index (χ4v) is 4.69. The second-order valence-corrected chi connectivity index (χ2v) is 8.22. The third-order valence-electron chi connectivity index (χ3n) is 5.64. The summed E-state index contributed by atoms with van der Waals surface area (Å²) < 4.78 is 0. The van der Waals surface area contributed by atoms with E-state index < -0.39 is 0 Å². The van der Waals surface area contributed by atoms with Crippen molar-refractivity contribution in [3.05, 3.63) is 17.0 Å². The Labute approximate surface area is 149 Å². The molecule has 6 heteroatoms. The highest BCUT2D eigenvalue weighted by atomic mass is 32.2. The topological polar surface area (TPSA) is 52.2 Å². The number of aromatic amines is 1. The standard InChI is InChI=1S/C18H30N4OS/c1-13-16(14(2)20-19-13)12-21-9-7-17-15(11-21)5-6-18(23)22(17)8-4-10-24-3/h15,17H,4-12H2,1-3H3,(H,19,20)/t15-,17+/m0/s1. The van der Waals surface area contributed by atoms with Crippen molar-refractivity contribution in [2.45, 2.75) is 52.1 Å². The Morgan fingerprint density at radius 1 is 1.33 bits per heavy atom. The molecule has 1 amide bonds. The van der Waals surface area contributed by atoms with E-state index in [9.17, 15) is 4.79 Å². The minimum Gasteiger partial charge on any atom is -0.339 e. The SMILES string of the molecule is CSCCCN1C(=O)CC[C@H]2CN(Cc3c(C)n[nH]c3C)CC[C@H]21. The third-order valence-corrected chi connectivity index (χ3v) is 6.33. The van der Waals surface area contributed by atoms with Crippen LogP contribution in [-0.4, -0.2) is 63.6 Å². The van der Waals surface area contributed by atoms with Crippen LogP contribution in [0, 0.1) is 19.8 Å². The van der Waals surface area contributed by atoms with Gasteiger partial charge in [0.1, 0.15) is 0 Å². The molecule has 24 heavy (non-hydrogen) atoms. The predicted octanol–water partition coefficient (Wildman–Crippen LogP) is 2.59. The number of aromatic nitrogens is 2. The molecule has 0 saturated carbocycles. The molecule has 2 saturated heterocycles. The molecule has 3 rings (SSSR count). The van der Waals surface area contributed by atoms with Crippen molar-refractivity contribution in [2.75, 3.05) is 31.6 Å². The molecule has 0 aliphatic carbocycles. The Balaban J connectivity index is 1.60. The number of carbonyl (C=O) groups excluding carboxylic acids is 1. The van der Waals surface area contributed by atoms with Crippen molar-refractivity contribution in [3.63, 3.8) is 0 Å². The van der Waals surface area contributed by atoms with E-state index >= 15 is 0 Å². The Morgan fingerprint density at radius 2 is 2.17 bits per heavy atom. The van der Waals surface area contributed by atoms with Crippen LogP contribution in [0.3, 0.4) is 0 Å². The summed E-state index contributed by atoms with van der Waals surface area (Å²) in [7, 11) is 0. The maximum Gasteiger partial charge on any atom is 0.222 e. The molecule has 1 aromatic rings. The highest BCUT2D eigenvalue weighted by Crippen LogP contribution is 2.32. The van der Waals surface area contributed by atoms with Crippen molar-refractivity contribution in [1.29, 1.82) is 0 Å². The van der Waals surface area contributed by atoms with Gasteiger partial charge >= 0.3 is 0 Å². The summed E-state index contributed by atoms with van der Waals surface area (Å²) in [5, 5.41) is 7.41. The molecule has 1 aromatic heterocycles. The maximum absolute atomic E-state index is 12.4. The minimum absolute atomic E-state index is 0.382. The fraction of sp³-hybridized carbons (Fsp3) is 0.778. The van der Waals surface area contributed by atoms with Gasteiger partial charge in [0.2, 0.25) is 5.91 Å². The summed E-state index contributed by atoms with van der Waals surface area (Å²) in [4.78, 5) is 17.1. The van der Waals surface area contributed by atoms with Gasteiger partial charge in [0.05, 0.1) is 5.69 Å². The summed E-state index contributed by atoms with van der Waals surface area (Å²) in [6.45, 7) is 8.31. The normalized spacial score (nSPS) is 25.1. The van der Waals surface area contributed by atoms with Crippen molar-refractivity contribution < 1.29 is 4.79 Å². The lowest BCUT2D eigenvalue weighted by atomic mass is 9.83. The molecule has 0 spiro atoms. The summed E-state index contributed by atoms with van der Waals surface area (Å²) in [6.07, 6.45) is 6.17. The minimum atomic E-state index is 0.382. The van der Waals surface area contributed by atoms with Crippen LogP contribution in [0.1, 0.15) is 42.6 Å². The van der Waals surface area contributed by atoms with Crippen LogP contribution in [-0.2, 0) is 11.3 Å². The first kappa shape index (κ1) is 17.8. The predicted molar refractivity (Wildman–Crippen MR) is 99.2 cm³/mol. The van der Waals surface area contributed by atoms with E-state index in [2.05, 4.69) is 40.1 Å². The summed E-state index contributed by atoms with van der Waals surface area (Å²) in [6, 6.07) is 0.468. The molecule has 2 aliphatic rings. The van der Waals surface area contributed by atoms with Gasteiger partial charge in [-0.2, -0.15) is 16.9 Å². The maximum atomic E-state index is 12.4. The third kappa shape index (κ3) is 3.80. The first-order chi connectivity index (χ1) is 11.6. The van der Waals surface area contributed by atoms with Crippen LogP contribution in [0.2, 0.25) is 0 Å². The van der Waals surface area contributed by atoms with E-state index in [4.69, 9.17) is 0 Å². The number of aryl methyl sites for hydroxylation is 2. The number of amides is 1. The molecular weight excluding hydrogens is 320 g/mol. The molecule has 0 aromatic carbocycles. The van der Waals surface area contributed by atoms with Crippen LogP contribution < -0.4 is 0 Å². The lowest BCUT2D eigenvalue weighted by Crippen LogP contribution is -2.56. The van der Waals surface area contributed by atoms with Gasteiger partial charge in [0.25, 0.3) is 0 Å². The largest absolute Gasteiger partial charge is 0.339 e. The first-order valence-corrected chi connectivity index (χ1v) is 10.5. The number of likely N-dealkylation sites (tertiary alicyclic amines) is 2. The van der Waals surface area contributed by atoms with E-state index in [0.29, 0.717) is 17.9 Å². The van der Waals surface area contributed by atoms with Gasteiger partial charge in [-0.1, -0.05) is 0 Å². The Kier molecular flexibility index (Phi) is 5.87. The zero-order valence-electron chi connectivity index (χ0n) is 15.2. The Bertz CT molecular complexity index is 554. The molecule has 5 nitrogen and oxygen atoms in total. The van der Waals surface area contributed by atoms with Crippen molar-refractivity contribution >= 4 is 17.7 Å². The monoisotopic (exact) mass is 350 g/mol. The highest BCUT2D eigenvalue weighted by molar-refractivity contribution is 7.98. The number of piperidine rings is 2. The van der Waals surface area contributed by atoms with Crippen molar-refractivity contribution in [3.8, 4) is 0 Å². The van der Waals surface area contributed by atoms with E-state index in [1.807, 2.05) is 11.8 Å². The summed E-state index contributed by atoms with van der Waals surface area (Å²) in [5.74, 6) is 2.16. The van der Waals surface area contributed by atoms with Gasteiger partial charge in [-0.3, -0.25) is 14.8 Å². The number of carbonyl (C=O) groups is 1. The van der Waals surface area contributed by atoms with Crippen LogP contribution in [0.5, 0.6) is 0 Å². The van der Waals surface area contributed by atoms with Gasteiger partial charge in [-0.05, 0) is 51.0 Å². The fourth-order valence-electron chi connectivity index (χ4n) is 4.27. The summed E-state index contributed by atoms with van der Waals surface area (Å²) in [5.41, 5.74) is 3.65. The molecule has 0 bridgehead atoms. The second-order valence-electron chi connectivity index (χ2n) is 7.24. The van der Waals surface area contributed by atoms with Crippen LogP contribution in [0.15, 0.2) is 0 Å². The Morgan fingerprint density at radius 3 is 2.88 bits per heavy atom. The zero-order valence-corrected chi connectivity index (χ0v) is 16.0. The lowest BCUT2D eigenvalue weighted by Gasteiger charge is -2.47. The van der Waals surface area contributed by atoms with Crippen molar-refractivity contribution in [2.24, 2.45) is 5.92 Å². The molecule has 0 radical (unpaired) electrons. The van der Waals surface area contributed by atoms with Crippen LogP contribution in [0.25, 0.3) is 0 Å². The number of rotatable bonds is 6. The van der Waals surface area contributed by atoms with Gasteiger partial charge in [-0.15, -0.1) is 0 Å². The molecule has 3 heterocycles. The van der Waals surface area contributed by atoms with Crippen molar-refractivity contribution in [1.82, 2.24) is 20.0 Å². The molecule has 2 atom stereocenters. The van der Waals surface area contributed by atoms with E-state index in [0.717, 1.165) is 63.3 Å². The number of H-pyrrole nitrogens is 1. The highest BCUT2D eigenvalue weighted by Gasteiger charge is 2.39.